The van der Waals surface area contributed by atoms with E-state index in [-0.39, 0.29) is 16.4 Å². The molecule has 2 aromatic rings. The van der Waals surface area contributed by atoms with Crippen LogP contribution in [0.25, 0.3) is 0 Å². The Labute approximate surface area is 202 Å². The number of carbonyl (C=O) groups excluding carboxylic acids is 1. The van der Waals surface area contributed by atoms with Gasteiger partial charge in [0.15, 0.2) is 5.11 Å². The van der Waals surface area contributed by atoms with Gasteiger partial charge in [-0.1, -0.05) is 25.0 Å². The van der Waals surface area contributed by atoms with Gasteiger partial charge in [-0.25, -0.2) is 0 Å². The molecule has 1 heterocycles. The van der Waals surface area contributed by atoms with Gasteiger partial charge in [0.25, 0.3) is 11.6 Å². The number of nitrogens with one attached hydrogen (secondary N) is 2. The maximum absolute atomic E-state index is 12.7. The molecular formula is C24H25N5O4S. The zero-order chi connectivity index (χ0) is 24.1. The SMILES string of the molecule is N#CC1(c2ccc(NC(=S)NC(=O)c3ccc(N4CCOCC4)c([N+](=O)[O-])c3)cc2)CCCC1. The van der Waals surface area contributed by atoms with Gasteiger partial charge in [-0.3, -0.25) is 20.2 Å². The molecule has 0 bridgehead atoms. The summed E-state index contributed by atoms with van der Waals surface area (Å²) in [5, 5.41) is 26.9. The van der Waals surface area contributed by atoms with Gasteiger partial charge in [0.1, 0.15) is 5.69 Å². The number of nitriles is 1. The predicted octanol–water partition coefficient (Wildman–Crippen LogP) is 3.89. The highest BCUT2D eigenvalue weighted by Crippen LogP contribution is 2.40. The van der Waals surface area contributed by atoms with E-state index < -0.39 is 16.2 Å². The summed E-state index contributed by atoms with van der Waals surface area (Å²) in [7, 11) is 0. The maximum atomic E-state index is 12.7. The Bertz CT molecular complexity index is 1130. The minimum Gasteiger partial charge on any atom is -0.378 e. The molecule has 2 aliphatic rings. The van der Waals surface area contributed by atoms with Crippen molar-refractivity contribution in [2.45, 2.75) is 31.1 Å². The Morgan fingerprint density at radius 2 is 1.82 bits per heavy atom. The van der Waals surface area contributed by atoms with E-state index in [9.17, 15) is 20.2 Å². The molecule has 1 saturated carbocycles. The number of hydrogen-bond acceptors (Lipinski definition) is 7. The van der Waals surface area contributed by atoms with Crippen LogP contribution in [0.2, 0.25) is 0 Å². The largest absolute Gasteiger partial charge is 0.378 e. The molecule has 0 unspecified atom stereocenters. The Balaban J connectivity index is 1.41. The molecule has 2 aromatic carbocycles. The number of hydrogen-bond donors (Lipinski definition) is 2. The molecule has 4 rings (SSSR count). The van der Waals surface area contributed by atoms with Gasteiger partial charge in [-0.2, -0.15) is 5.26 Å². The minimum atomic E-state index is -0.542. The molecular weight excluding hydrogens is 454 g/mol. The molecule has 2 N–H and O–H groups in total. The molecule has 1 amide bonds. The van der Waals surface area contributed by atoms with E-state index in [4.69, 9.17) is 17.0 Å². The number of anilines is 2. The molecule has 0 radical (unpaired) electrons. The van der Waals surface area contributed by atoms with Crippen LogP contribution in [0.1, 0.15) is 41.6 Å². The van der Waals surface area contributed by atoms with Crippen molar-refractivity contribution < 1.29 is 14.5 Å². The fraction of sp³-hybridized carbons (Fsp3) is 0.375. The zero-order valence-electron chi connectivity index (χ0n) is 18.6. The van der Waals surface area contributed by atoms with Gasteiger partial charge in [0, 0.05) is 30.4 Å². The summed E-state index contributed by atoms with van der Waals surface area (Å²) in [6, 6.07) is 14.4. The number of ether oxygens (including phenoxy) is 1. The smallest absolute Gasteiger partial charge is 0.293 e. The Kier molecular flexibility index (Phi) is 7.05. The second kappa shape index (κ2) is 10.2. The number of rotatable bonds is 5. The first-order valence-electron chi connectivity index (χ1n) is 11.2. The predicted molar refractivity (Wildman–Crippen MR) is 132 cm³/mol. The molecule has 1 aliphatic carbocycles. The number of carbonyl (C=O) groups is 1. The topological polar surface area (TPSA) is 121 Å². The van der Waals surface area contributed by atoms with Gasteiger partial charge in [0.05, 0.1) is 29.6 Å². The quantitative estimate of drug-likeness (QED) is 0.376. The van der Waals surface area contributed by atoms with Crippen molar-refractivity contribution in [1.29, 1.82) is 5.26 Å². The zero-order valence-corrected chi connectivity index (χ0v) is 19.4. The Hall–Kier alpha value is -3.55. The molecule has 10 heteroatoms. The molecule has 9 nitrogen and oxygen atoms in total. The van der Waals surface area contributed by atoms with Gasteiger partial charge in [-0.15, -0.1) is 0 Å². The number of nitro benzene ring substituents is 1. The monoisotopic (exact) mass is 479 g/mol. The lowest BCUT2D eigenvalue weighted by Crippen LogP contribution is -2.37. The average molecular weight is 480 g/mol. The first-order valence-corrected chi connectivity index (χ1v) is 11.6. The number of nitrogens with zero attached hydrogens (tertiary/aromatic N) is 3. The summed E-state index contributed by atoms with van der Waals surface area (Å²) in [6.07, 6.45) is 3.83. The highest BCUT2D eigenvalue weighted by atomic mass is 32.1. The standard InChI is InChI=1S/C24H25N5O4S/c25-16-24(9-1-2-10-24)18-4-6-19(7-5-18)26-23(34)27-22(30)17-3-8-20(21(15-17)29(31)32)28-11-13-33-14-12-28/h3-8,15H,1-2,9-14H2,(H2,26,27,30,34). The number of nitro groups is 1. The van der Waals surface area contributed by atoms with Gasteiger partial charge in [0.2, 0.25) is 0 Å². The van der Waals surface area contributed by atoms with Crippen molar-refractivity contribution in [3.8, 4) is 6.07 Å². The van der Waals surface area contributed by atoms with E-state index in [2.05, 4.69) is 16.7 Å². The van der Waals surface area contributed by atoms with Crippen molar-refractivity contribution >= 4 is 40.3 Å². The first-order chi connectivity index (χ1) is 16.4. The van der Waals surface area contributed by atoms with E-state index in [0.29, 0.717) is 37.7 Å². The molecule has 0 aromatic heterocycles. The molecule has 1 saturated heterocycles. The number of benzene rings is 2. The van der Waals surface area contributed by atoms with E-state index in [1.54, 1.807) is 12.1 Å². The Morgan fingerprint density at radius 3 is 2.44 bits per heavy atom. The minimum absolute atomic E-state index is 0.0773. The van der Waals surface area contributed by atoms with Crippen LogP contribution in [0.5, 0.6) is 0 Å². The highest BCUT2D eigenvalue weighted by molar-refractivity contribution is 7.80. The third kappa shape index (κ3) is 5.00. The van der Waals surface area contributed by atoms with Crippen LogP contribution in [-0.4, -0.2) is 42.2 Å². The summed E-state index contributed by atoms with van der Waals surface area (Å²) in [5.74, 6) is -0.542. The molecule has 0 spiro atoms. The summed E-state index contributed by atoms with van der Waals surface area (Å²) in [6.45, 7) is 2.10. The van der Waals surface area contributed by atoms with Gasteiger partial charge >= 0.3 is 0 Å². The molecule has 0 atom stereocenters. The highest BCUT2D eigenvalue weighted by Gasteiger charge is 2.35. The number of amides is 1. The summed E-state index contributed by atoms with van der Waals surface area (Å²) < 4.78 is 5.31. The Morgan fingerprint density at radius 1 is 1.15 bits per heavy atom. The average Bonchev–Trinajstić information content (AvgIpc) is 3.35. The van der Waals surface area contributed by atoms with Crippen molar-refractivity contribution in [3.63, 3.8) is 0 Å². The van der Waals surface area contributed by atoms with Gasteiger partial charge < -0.3 is 15.0 Å². The molecule has 34 heavy (non-hydrogen) atoms. The van der Waals surface area contributed by atoms with Crippen LogP contribution in [-0.2, 0) is 10.2 Å². The fourth-order valence-corrected chi connectivity index (χ4v) is 4.75. The third-order valence-electron chi connectivity index (χ3n) is 6.38. The number of thiocarbonyl (C=S) groups is 1. The lowest BCUT2D eigenvalue weighted by Gasteiger charge is -2.28. The van der Waals surface area contributed by atoms with Crippen molar-refractivity contribution in [2.75, 3.05) is 36.5 Å². The fourth-order valence-electron chi connectivity index (χ4n) is 4.54. The summed E-state index contributed by atoms with van der Waals surface area (Å²) in [4.78, 5) is 25.7. The van der Waals surface area contributed by atoms with Crippen LogP contribution < -0.4 is 15.5 Å². The van der Waals surface area contributed by atoms with Crippen molar-refractivity contribution in [3.05, 3.63) is 63.7 Å². The summed E-state index contributed by atoms with van der Waals surface area (Å²) in [5.41, 5.74) is 1.70. The maximum Gasteiger partial charge on any atom is 0.293 e. The first kappa shape index (κ1) is 23.6. The number of morpholine rings is 1. The summed E-state index contributed by atoms with van der Waals surface area (Å²) >= 11 is 5.26. The molecule has 2 fully saturated rings. The molecule has 176 valence electrons. The van der Waals surface area contributed by atoms with Crippen LogP contribution >= 0.6 is 12.2 Å². The second-order valence-corrected chi connectivity index (χ2v) is 8.85. The van der Waals surface area contributed by atoms with Crippen LogP contribution in [0.4, 0.5) is 17.1 Å². The van der Waals surface area contributed by atoms with Crippen molar-refractivity contribution in [1.82, 2.24) is 5.32 Å². The second-order valence-electron chi connectivity index (χ2n) is 8.45. The van der Waals surface area contributed by atoms with Gasteiger partial charge in [-0.05, 0) is 54.9 Å². The van der Waals surface area contributed by atoms with Crippen LogP contribution in [0, 0.1) is 21.4 Å². The lowest BCUT2D eigenvalue weighted by atomic mass is 9.80. The van der Waals surface area contributed by atoms with Crippen LogP contribution in [0.3, 0.4) is 0 Å². The van der Waals surface area contributed by atoms with E-state index in [0.717, 1.165) is 31.2 Å². The van der Waals surface area contributed by atoms with Crippen LogP contribution in [0.15, 0.2) is 42.5 Å². The van der Waals surface area contributed by atoms with E-state index in [1.165, 1.54) is 6.07 Å². The van der Waals surface area contributed by atoms with E-state index >= 15 is 0 Å². The normalized spacial score (nSPS) is 17.0. The molecule has 1 aliphatic heterocycles. The third-order valence-corrected chi connectivity index (χ3v) is 6.58. The van der Waals surface area contributed by atoms with Crippen molar-refractivity contribution in [2.24, 2.45) is 0 Å². The lowest BCUT2D eigenvalue weighted by molar-refractivity contribution is -0.384. The van der Waals surface area contributed by atoms with E-state index in [1.807, 2.05) is 29.2 Å².